The van der Waals surface area contributed by atoms with Crippen LogP contribution in [0.4, 0.5) is 11.4 Å². The summed E-state index contributed by atoms with van der Waals surface area (Å²) in [6.45, 7) is 1.34. The molecule has 1 aliphatic heterocycles. The van der Waals surface area contributed by atoms with Gasteiger partial charge >= 0.3 is 5.97 Å². The van der Waals surface area contributed by atoms with Gasteiger partial charge in [0.25, 0.3) is 0 Å². The number of piperidine rings is 1. The molecular weight excluding hydrogens is 220 g/mol. The maximum Gasteiger partial charge on any atom is 0.337 e. The Balaban J connectivity index is 2.28. The topological polar surface area (TPSA) is 86.8 Å². The van der Waals surface area contributed by atoms with Crippen molar-refractivity contribution < 1.29 is 15.0 Å². The van der Waals surface area contributed by atoms with E-state index in [9.17, 15) is 9.90 Å². The molecule has 1 aliphatic rings. The summed E-state index contributed by atoms with van der Waals surface area (Å²) in [5.74, 6) is -0.974. The summed E-state index contributed by atoms with van der Waals surface area (Å²) in [4.78, 5) is 13.1. The highest BCUT2D eigenvalue weighted by Crippen LogP contribution is 2.26. The molecule has 1 fully saturated rings. The van der Waals surface area contributed by atoms with Crippen LogP contribution in [0.25, 0.3) is 0 Å². The summed E-state index contributed by atoms with van der Waals surface area (Å²) in [6, 6.07) is 4.91. The first-order valence-corrected chi connectivity index (χ1v) is 5.64. The molecule has 0 saturated carbocycles. The molecule has 1 heterocycles. The van der Waals surface area contributed by atoms with Gasteiger partial charge < -0.3 is 20.8 Å². The predicted octanol–water partition coefficient (Wildman–Crippen LogP) is 0.928. The molecule has 4 N–H and O–H groups in total. The number of anilines is 2. The van der Waals surface area contributed by atoms with Crippen molar-refractivity contribution in [1.29, 1.82) is 0 Å². The van der Waals surface area contributed by atoms with E-state index in [2.05, 4.69) is 0 Å². The number of nitrogens with two attached hydrogens (primary N) is 1. The Labute approximate surface area is 99.5 Å². The highest BCUT2D eigenvalue weighted by Gasteiger charge is 2.21. The van der Waals surface area contributed by atoms with Gasteiger partial charge in [0.2, 0.25) is 0 Å². The zero-order chi connectivity index (χ0) is 12.4. The molecule has 0 aliphatic carbocycles. The first-order chi connectivity index (χ1) is 8.08. The number of nitrogens with zero attached hydrogens (tertiary/aromatic N) is 1. The van der Waals surface area contributed by atoms with Gasteiger partial charge in [0.05, 0.1) is 17.4 Å². The summed E-state index contributed by atoms with van der Waals surface area (Å²) in [7, 11) is 0. The standard InChI is InChI=1S/C12H16N2O3/c13-8-1-2-11(10(7-8)12(16)17)14-5-3-9(15)4-6-14/h1-2,7,9,15H,3-6,13H2,(H,16,17). The van der Waals surface area contributed by atoms with Crippen LogP contribution in [0.15, 0.2) is 18.2 Å². The number of carboxylic acids is 1. The van der Waals surface area contributed by atoms with E-state index in [0.29, 0.717) is 37.3 Å². The van der Waals surface area contributed by atoms with E-state index in [1.165, 1.54) is 6.07 Å². The van der Waals surface area contributed by atoms with Crippen LogP contribution in [0.1, 0.15) is 23.2 Å². The van der Waals surface area contributed by atoms with Gasteiger partial charge in [-0.2, -0.15) is 0 Å². The molecule has 0 amide bonds. The molecule has 0 atom stereocenters. The molecule has 1 aromatic carbocycles. The van der Waals surface area contributed by atoms with Crippen LogP contribution >= 0.6 is 0 Å². The number of rotatable bonds is 2. The Bertz CT molecular complexity index is 426. The lowest BCUT2D eigenvalue weighted by Gasteiger charge is -2.32. The number of aliphatic hydroxyl groups is 1. The number of aliphatic hydroxyl groups excluding tert-OH is 1. The van der Waals surface area contributed by atoms with Gasteiger partial charge in [0.1, 0.15) is 0 Å². The van der Waals surface area contributed by atoms with Crippen LogP contribution in [-0.2, 0) is 0 Å². The number of carboxylic acid groups (broad SMARTS) is 1. The average molecular weight is 236 g/mol. The Morgan fingerprint density at radius 1 is 1.35 bits per heavy atom. The minimum absolute atomic E-state index is 0.224. The normalized spacial score (nSPS) is 17.1. The second kappa shape index (κ2) is 4.63. The molecule has 0 unspecified atom stereocenters. The van der Waals surface area contributed by atoms with Crippen molar-refractivity contribution in [2.24, 2.45) is 0 Å². The molecule has 0 spiro atoms. The molecular formula is C12H16N2O3. The zero-order valence-corrected chi connectivity index (χ0v) is 9.47. The molecule has 1 aromatic rings. The lowest BCUT2D eigenvalue weighted by molar-refractivity contribution is 0.0697. The van der Waals surface area contributed by atoms with Gasteiger partial charge in [-0.3, -0.25) is 0 Å². The molecule has 92 valence electrons. The van der Waals surface area contributed by atoms with E-state index < -0.39 is 5.97 Å². The minimum atomic E-state index is -0.974. The Morgan fingerprint density at radius 2 is 2.00 bits per heavy atom. The number of hydrogen-bond donors (Lipinski definition) is 3. The fraction of sp³-hybridized carbons (Fsp3) is 0.417. The third-order valence-corrected chi connectivity index (χ3v) is 3.06. The van der Waals surface area contributed by atoms with Gasteiger partial charge in [0, 0.05) is 18.8 Å². The first kappa shape index (κ1) is 11.7. The van der Waals surface area contributed by atoms with E-state index in [4.69, 9.17) is 10.8 Å². The van der Waals surface area contributed by atoms with Crippen molar-refractivity contribution in [2.45, 2.75) is 18.9 Å². The monoisotopic (exact) mass is 236 g/mol. The fourth-order valence-electron chi connectivity index (χ4n) is 2.11. The number of aromatic carboxylic acids is 1. The number of nitrogen functional groups attached to an aromatic ring is 1. The SMILES string of the molecule is Nc1ccc(N2CCC(O)CC2)c(C(=O)O)c1. The molecule has 17 heavy (non-hydrogen) atoms. The lowest BCUT2D eigenvalue weighted by Crippen LogP contribution is -2.36. The number of hydrogen-bond acceptors (Lipinski definition) is 4. The highest BCUT2D eigenvalue weighted by atomic mass is 16.4. The van der Waals surface area contributed by atoms with Crippen molar-refractivity contribution >= 4 is 17.3 Å². The third kappa shape index (κ3) is 2.50. The van der Waals surface area contributed by atoms with Crippen molar-refractivity contribution in [3.05, 3.63) is 23.8 Å². The molecule has 5 heteroatoms. The van der Waals surface area contributed by atoms with Gasteiger partial charge in [0.15, 0.2) is 0 Å². The van der Waals surface area contributed by atoms with Crippen molar-refractivity contribution in [3.63, 3.8) is 0 Å². The summed E-state index contributed by atoms with van der Waals surface area (Å²) in [5.41, 5.74) is 6.95. The van der Waals surface area contributed by atoms with E-state index in [-0.39, 0.29) is 11.7 Å². The number of carbonyl (C=O) groups is 1. The summed E-state index contributed by atoms with van der Waals surface area (Å²) >= 11 is 0. The van der Waals surface area contributed by atoms with Crippen LogP contribution in [0.5, 0.6) is 0 Å². The van der Waals surface area contributed by atoms with E-state index in [1.807, 2.05) is 4.90 Å². The molecule has 0 bridgehead atoms. The highest BCUT2D eigenvalue weighted by molar-refractivity contribution is 5.95. The van der Waals surface area contributed by atoms with E-state index in [0.717, 1.165) is 0 Å². The molecule has 0 radical (unpaired) electrons. The summed E-state index contributed by atoms with van der Waals surface area (Å²) in [5, 5.41) is 18.6. The average Bonchev–Trinajstić information content (AvgIpc) is 2.30. The van der Waals surface area contributed by atoms with Crippen LogP contribution in [0, 0.1) is 0 Å². The van der Waals surface area contributed by atoms with Gasteiger partial charge in [-0.1, -0.05) is 0 Å². The Hall–Kier alpha value is -1.75. The van der Waals surface area contributed by atoms with Crippen molar-refractivity contribution in [3.8, 4) is 0 Å². The van der Waals surface area contributed by atoms with Crippen LogP contribution in [-0.4, -0.2) is 35.4 Å². The Morgan fingerprint density at radius 3 is 2.59 bits per heavy atom. The quantitative estimate of drug-likeness (QED) is 0.665. The molecule has 1 saturated heterocycles. The van der Waals surface area contributed by atoms with Crippen molar-refractivity contribution in [2.75, 3.05) is 23.7 Å². The van der Waals surface area contributed by atoms with E-state index in [1.54, 1.807) is 12.1 Å². The van der Waals surface area contributed by atoms with Crippen molar-refractivity contribution in [1.82, 2.24) is 0 Å². The second-order valence-electron chi connectivity index (χ2n) is 4.30. The molecule has 0 aromatic heterocycles. The summed E-state index contributed by atoms with van der Waals surface area (Å²) in [6.07, 6.45) is 1.07. The third-order valence-electron chi connectivity index (χ3n) is 3.06. The second-order valence-corrected chi connectivity index (χ2v) is 4.30. The van der Waals surface area contributed by atoms with Gasteiger partial charge in [-0.25, -0.2) is 4.79 Å². The van der Waals surface area contributed by atoms with Crippen LogP contribution in [0.3, 0.4) is 0 Å². The molecule has 2 rings (SSSR count). The van der Waals surface area contributed by atoms with Gasteiger partial charge in [-0.05, 0) is 31.0 Å². The predicted molar refractivity (Wildman–Crippen MR) is 65.3 cm³/mol. The number of benzene rings is 1. The maximum atomic E-state index is 11.1. The van der Waals surface area contributed by atoms with Crippen LogP contribution < -0.4 is 10.6 Å². The fourth-order valence-corrected chi connectivity index (χ4v) is 2.11. The van der Waals surface area contributed by atoms with E-state index >= 15 is 0 Å². The lowest BCUT2D eigenvalue weighted by atomic mass is 10.0. The van der Waals surface area contributed by atoms with Gasteiger partial charge in [-0.15, -0.1) is 0 Å². The zero-order valence-electron chi connectivity index (χ0n) is 9.47. The minimum Gasteiger partial charge on any atom is -0.478 e. The summed E-state index contributed by atoms with van der Waals surface area (Å²) < 4.78 is 0. The van der Waals surface area contributed by atoms with Crippen LogP contribution in [0.2, 0.25) is 0 Å². The smallest absolute Gasteiger partial charge is 0.337 e. The first-order valence-electron chi connectivity index (χ1n) is 5.64. The largest absolute Gasteiger partial charge is 0.478 e. The Kier molecular flexibility index (Phi) is 3.19. The molecule has 5 nitrogen and oxygen atoms in total. The maximum absolute atomic E-state index is 11.1.